The minimum atomic E-state index is -4.30. The standard InChI is InChI=1S/C8H18NO4P/c1-7(2)9-5-3-4-8(9)6-13-14(10,11)12/h7-8H,3-6H2,1-2H3,(H2,10,11,12). The highest BCUT2D eigenvalue weighted by atomic mass is 31.2. The summed E-state index contributed by atoms with van der Waals surface area (Å²) in [6, 6.07) is 0.561. The molecule has 1 rings (SSSR count). The average molecular weight is 223 g/mol. The molecule has 1 fully saturated rings. The number of nitrogens with zero attached hydrogens (tertiary/aromatic N) is 1. The minimum Gasteiger partial charge on any atom is -0.303 e. The van der Waals surface area contributed by atoms with Crippen LogP contribution in [0.3, 0.4) is 0 Å². The van der Waals surface area contributed by atoms with Gasteiger partial charge in [-0.1, -0.05) is 0 Å². The van der Waals surface area contributed by atoms with Crippen LogP contribution in [0.25, 0.3) is 0 Å². The highest BCUT2D eigenvalue weighted by Crippen LogP contribution is 2.37. The lowest BCUT2D eigenvalue weighted by Crippen LogP contribution is -2.38. The third-order valence-electron chi connectivity index (χ3n) is 2.52. The monoisotopic (exact) mass is 223 g/mol. The predicted octanol–water partition coefficient (Wildman–Crippen LogP) is 0.968. The molecule has 14 heavy (non-hydrogen) atoms. The largest absolute Gasteiger partial charge is 0.469 e. The third kappa shape index (κ3) is 3.67. The molecule has 0 bridgehead atoms. The number of phosphoric ester groups is 1. The first kappa shape index (κ1) is 12.1. The Hall–Kier alpha value is 0.0700. The minimum absolute atomic E-state index is 0.127. The number of hydrogen-bond donors (Lipinski definition) is 2. The molecule has 0 spiro atoms. The molecule has 0 aromatic carbocycles. The molecule has 1 heterocycles. The van der Waals surface area contributed by atoms with E-state index in [0.717, 1.165) is 19.4 Å². The van der Waals surface area contributed by atoms with Crippen molar-refractivity contribution in [1.82, 2.24) is 4.90 Å². The first-order chi connectivity index (χ1) is 6.40. The predicted molar refractivity (Wildman–Crippen MR) is 52.9 cm³/mol. The fourth-order valence-electron chi connectivity index (χ4n) is 1.90. The highest BCUT2D eigenvalue weighted by Gasteiger charge is 2.28. The number of hydrogen-bond acceptors (Lipinski definition) is 3. The molecule has 0 aromatic heterocycles. The molecular weight excluding hydrogens is 205 g/mol. The van der Waals surface area contributed by atoms with E-state index in [9.17, 15) is 4.57 Å². The van der Waals surface area contributed by atoms with Crippen molar-refractivity contribution in [2.45, 2.75) is 38.8 Å². The summed E-state index contributed by atoms with van der Waals surface area (Å²) in [7, 11) is -4.30. The van der Waals surface area contributed by atoms with E-state index in [4.69, 9.17) is 9.79 Å². The van der Waals surface area contributed by atoms with Crippen LogP contribution in [0.5, 0.6) is 0 Å². The topological polar surface area (TPSA) is 70.0 Å². The van der Waals surface area contributed by atoms with Crippen molar-refractivity contribution >= 4 is 7.82 Å². The van der Waals surface area contributed by atoms with Crippen LogP contribution in [0.2, 0.25) is 0 Å². The normalized spacial score (nSPS) is 24.8. The lowest BCUT2D eigenvalue weighted by molar-refractivity contribution is 0.117. The zero-order valence-electron chi connectivity index (χ0n) is 8.59. The van der Waals surface area contributed by atoms with Gasteiger partial charge in [-0.3, -0.25) is 9.42 Å². The number of likely N-dealkylation sites (tertiary alicyclic amines) is 1. The van der Waals surface area contributed by atoms with Gasteiger partial charge < -0.3 is 9.79 Å². The summed E-state index contributed by atoms with van der Waals surface area (Å²) in [6.07, 6.45) is 2.03. The Kier molecular flexibility index (Phi) is 4.10. The lowest BCUT2D eigenvalue weighted by Gasteiger charge is -2.27. The van der Waals surface area contributed by atoms with Crippen molar-refractivity contribution in [1.29, 1.82) is 0 Å². The van der Waals surface area contributed by atoms with Crippen LogP contribution in [-0.4, -0.2) is 39.9 Å². The quantitative estimate of drug-likeness (QED) is 0.695. The van der Waals surface area contributed by atoms with Gasteiger partial charge in [0, 0.05) is 12.1 Å². The van der Waals surface area contributed by atoms with Crippen molar-refractivity contribution in [3.8, 4) is 0 Å². The fraction of sp³-hybridized carbons (Fsp3) is 1.00. The molecule has 84 valence electrons. The van der Waals surface area contributed by atoms with Gasteiger partial charge in [0.1, 0.15) is 0 Å². The molecule has 0 saturated carbocycles. The maximum atomic E-state index is 10.5. The van der Waals surface area contributed by atoms with Gasteiger partial charge in [0.15, 0.2) is 0 Å². The van der Waals surface area contributed by atoms with Crippen LogP contribution < -0.4 is 0 Å². The SMILES string of the molecule is CC(C)N1CCCC1COP(=O)(O)O. The van der Waals surface area contributed by atoms with E-state index in [1.54, 1.807) is 0 Å². The van der Waals surface area contributed by atoms with Crippen molar-refractivity contribution in [3.05, 3.63) is 0 Å². The van der Waals surface area contributed by atoms with Crippen molar-refractivity contribution < 1.29 is 18.9 Å². The van der Waals surface area contributed by atoms with Crippen LogP contribution in [0.1, 0.15) is 26.7 Å². The van der Waals surface area contributed by atoms with Crippen LogP contribution in [0.4, 0.5) is 0 Å². The van der Waals surface area contributed by atoms with E-state index >= 15 is 0 Å². The second-order valence-corrected chi connectivity index (χ2v) is 5.15. The molecule has 0 amide bonds. The van der Waals surface area contributed by atoms with Gasteiger partial charge in [-0.15, -0.1) is 0 Å². The summed E-state index contributed by atoms with van der Waals surface area (Å²) in [5, 5.41) is 0. The molecule has 1 aliphatic heterocycles. The second-order valence-electron chi connectivity index (χ2n) is 3.91. The van der Waals surface area contributed by atoms with E-state index in [-0.39, 0.29) is 12.6 Å². The van der Waals surface area contributed by atoms with E-state index in [2.05, 4.69) is 23.3 Å². The summed E-state index contributed by atoms with van der Waals surface area (Å²) >= 11 is 0. The van der Waals surface area contributed by atoms with Gasteiger partial charge in [0.05, 0.1) is 6.61 Å². The molecule has 0 aliphatic carbocycles. The Morgan fingerprint density at radius 2 is 2.21 bits per heavy atom. The van der Waals surface area contributed by atoms with Gasteiger partial charge in [0.25, 0.3) is 0 Å². The average Bonchev–Trinajstić information content (AvgIpc) is 2.46. The summed E-state index contributed by atoms with van der Waals surface area (Å²) < 4.78 is 15.0. The summed E-state index contributed by atoms with van der Waals surface area (Å²) in [5.41, 5.74) is 0. The molecule has 6 heteroatoms. The summed E-state index contributed by atoms with van der Waals surface area (Å²) in [4.78, 5) is 19.4. The summed E-state index contributed by atoms with van der Waals surface area (Å²) in [6.45, 7) is 5.28. The third-order valence-corrected chi connectivity index (χ3v) is 3.01. The van der Waals surface area contributed by atoms with Crippen molar-refractivity contribution in [2.24, 2.45) is 0 Å². The first-order valence-corrected chi connectivity index (χ1v) is 6.39. The smallest absolute Gasteiger partial charge is 0.303 e. The van der Waals surface area contributed by atoms with Gasteiger partial charge in [-0.2, -0.15) is 0 Å². The number of rotatable bonds is 4. The van der Waals surface area contributed by atoms with Crippen LogP contribution in [0.15, 0.2) is 0 Å². The van der Waals surface area contributed by atoms with E-state index in [1.807, 2.05) is 0 Å². The zero-order chi connectivity index (χ0) is 10.8. The maximum absolute atomic E-state index is 10.5. The van der Waals surface area contributed by atoms with Gasteiger partial charge in [-0.05, 0) is 33.2 Å². The zero-order valence-corrected chi connectivity index (χ0v) is 9.48. The Bertz CT molecular complexity index is 227. The van der Waals surface area contributed by atoms with Crippen molar-refractivity contribution in [3.63, 3.8) is 0 Å². The summed E-state index contributed by atoms with van der Waals surface area (Å²) in [5.74, 6) is 0. The molecule has 5 nitrogen and oxygen atoms in total. The van der Waals surface area contributed by atoms with Crippen LogP contribution in [-0.2, 0) is 9.09 Å². The molecule has 0 aromatic rings. The second kappa shape index (κ2) is 4.73. The fourth-order valence-corrected chi connectivity index (χ4v) is 2.27. The van der Waals surface area contributed by atoms with Gasteiger partial charge >= 0.3 is 7.82 Å². The highest BCUT2D eigenvalue weighted by molar-refractivity contribution is 7.46. The molecule has 2 N–H and O–H groups in total. The lowest BCUT2D eigenvalue weighted by atomic mass is 10.2. The van der Waals surface area contributed by atoms with E-state index in [0.29, 0.717) is 6.04 Å². The van der Waals surface area contributed by atoms with Gasteiger partial charge in [0.2, 0.25) is 0 Å². The first-order valence-electron chi connectivity index (χ1n) is 4.86. The Balaban J connectivity index is 2.40. The molecular formula is C8H18NO4P. The maximum Gasteiger partial charge on any atom is 0.469 e. The molecule has 1 atom stereocenters. The van der Waals surface area contributed by atoms with Crippen molar-refractivity contribution in [2.75, 3.05) is 13.2 Å². The molecule has 0 radical (unpaired) electrons. The van der Waals surface area contributed by atoms with E-state index in [1.165, 1.54) is 0 Å². The molecule has 1 saturated heterocycles. The van der Waals surface area contributed by atoms with Gasteiger partial charge in [-0.25, -0.2) is 4.57 Å². The van der Waals surface area contributed by atoms with Crippen LogP contribution >= 0.6 is 7.82 Å². The van der Waals surface area contributed by atoms with E-state index < -0.39 is 7.82 Å². The Labute approximate surface area is 84.3 Å². The van der Waals surface area contributed by atoms with Crippen LogP contribution in [0, 0.1) is 0 Å². The molecule has 1 aliphatic rings. The number of phosphoric acid groups is 1. The Morgan fingerprint density at radius 1 is 1.57 bits per heavy atom. The Morgan fingerprint density at radius 3 is 2.71 bits per heavy atom. The molecule has 1 unspecified atom stereocenters.